The molecule has 1 heterocycles. The predicted molar refractivity (Wildman–Crippen MR) is 172 cm³/mol. The van der Waals surface area contributed by atoms with Crippen LogP contribution in [0.5, 0.6) is 0 Å². The Morgan fingerprint density at radius 3 is 1.38 bits per heavy atom. The highest BCUT2D eigenvalue weighted by Crippen LogP contribution is 2.33. The zero-order chi connectivity index (χ0) is 31.1. The van der Waals surface area contributed by atoms with Crippen LogP contribution >= 0.6 is 0 Å². The molecule has 1 saturated heterocycles. The fourth-order valence-corrected chi connectivity index (χ4v) is 5.57. The average Bonchev–Trinajstić information content (AvgIpc) is 3.10. The monoisotopic (exact) mass is 612 g/mol. The molecule has 2 N–H and O–H groups in total. The minimum atomic E-state index is -0.855. The fourth-order valence-electron chi connectivity index (χ4n) is 5.57. The number of benzene rings is 4. The number of ether oxygens (including phenoxy) is 5. The maximum atomic E-state index is 10.3. The van der Waals surface area contributed by atoms with Crippen molar-refractivity contribution in [1.29, 1.82) is 0 Å². The summed E-state index contributed by atoms with van der Waals surface area (Å²) in [5.74, 6) is 0. The Morgan fingerprint density at radius 1 is 0.533 bits per heavy atom. The molecule has 0 aromatic heterocycles. The highest BCUT2D eigenvalue weighted by Gasteiger charge is 2.48. The molecule has 7 nitrogen and oxygen atoms in total. The Kier molecular flexibility index (Phi) is 13.1. The summed E-state index contributed by atoms with van der Waals surface area (Å²) in [6.07, 6.45) is -2.46. The Bertz CT molecular complexity index is 1340. The van der Waals surface area contributed by atoms with E-state index in [1.807, 2.05) is 121 Å². The van der Waals surface area contributed by atoms with Crippen molar-refractivity contribution in [3.8, 4) is 0 Å². The van der Waals surface area contributed by atoms with Crippen molar-refractivity contribution in [3.05, 3.63) is 144 Å². The molecule has 3 unspecified atom stereocenters. The number of rotatable bonds is 17. The van der Waals surface area contributed by atoms with E-state index in [1.54, 1.807) is 0 Å². The maximum absolute atomic E-state index is 10.3. The van der Waals surface area contributed by atoms with Gasteiger partial charge < -0.3 is 33.9 Å². The average molecular weight is 613 g/mol. The summed E-state index contributed by atoms with van der Waals surface area (Å²) in [5.41, 5.74) is 4.18. The molecule has 1 fully saturated rings. The van der Waals surface area contributed by atoms with Crippen LogP contribution < -0.4 is 0 Å². The van der Waals surface area contributed by atoms with Crippen LogP contribution in [-0.4, -0.2) is 60.1 Å². The SMILES string of the molecule is OC[C@@H](O)CC[C@@H]1OC(COCc2ccccc2)[C@@H](OCc2ccccc2)C(OCc2ccccc2)C1OCc1ccccc1. The molecular formula is C38H44O7. The van der Waals surface area contributed by atoms with E-state index >= 15 is 0 Å². The molecule has 1 aliphatic heterocycles. The first-order valence-electron chi connectivity index (χ1n) is 15.7. The highest BCUT2D eigenvalue weighted by molar-refractivity contribution is 5.16. The second-order valence-electron chi connectivity index (χ2n) is 11.4. The third-order valence-corrected chi connectivity index (χ3v) is 7.97. The van der Waals surface area contributed by atoms with Crippen LogP contribution in [0.3, 0.4) is 0 Å². The van der Waals surface area contributed by atoms with Crippen molar-refractivity contribution < 1.29 is 33.9 Å². The van der Waals surface area contributed by atoms with Gasteiger partial charge in [-0.1, -0.05) is 121 Å². The molecule has 5 rings (SSSR count). The lowest BCUT2D eigenvalue weighted by Gasteiger charge is -2.46. The topological polar surface area (TPSA) is 86.6 Å². The molecule has 0 saturated carbocycles. The first kappa shape index (κ1) is 33.0. The maximum Gasteiger partial charge on any atom is 0.115 e. The number of aliphatic hydroxyl groups excluding tert-OH is 2. The van der Waals surface area contributed by atoms with Crippen molar-refractivity contribution >= 4 is 0 Å². The molecule has 0 spiro atoms. The lowest BCUT2D eigenvalue weighted by Crippen LogP contribution is -2.61. The van der Waals surface area contributed by atoms with E-state index in [4.69, 9.17) is 23.7 Å². The molecule has 0 aliphatic carbocycles. The van der Waals surface area contributed by atoms with Gasteiger partial charge in [-0.3, -0.25) is 0 Å². The van der Waals surface area contributed by atoms with E-state index in [0.717, 1.165) is 22.3 Å². The van der Waals surface area contributed by atoms with Gasteiger partial charge in [0, 0.05) is 0 Å². The van der Waals surface area contributed by atoms with Gasteiger partial charge in [-0.05, 0) is 35.1 Å². The first-order chi connectivity index (χ1) is 22.2. The van der Waals surface area contributed by atoms with Crippen molar-refractivity contribution in [3.63, 3.8) is 0 Å². The molecule has 1 aliphatic rings. The minimum absolute atomic E-state index is 0.282. The van der Waals surface area contributed by atoms with E-state index < -0.39 is 36.6 Å². The van der Waals surface area contributed by atoms with Crippen LogP contribution in [0.25, 0.3) is 0 Å². The lowest BCUT2D eigenvalue weighted by atomic mass is 9.91. The van der Waals surface area contributed by atoms with Gasteiger partial charge in [0.25, 0.3) is 0 Å². The predicted octanol–water partition coefficient (Wildman–Crippen LogP) is 5.86. The van der Waals surface area contributed by atoms with Gasteiger partial charge in [-0.15, -0.1) is 0 Å². The Labute approximate surface area is 266 Å². The molecule has 7 heteroatoms. The Hall–Kier alpha value is -3.40. The van der Waals surface area contributed by atoms with Gasteiger partial charge in [0.1, 0.15) is 24.4 Å². The molecular weight excluding hydrogens is 568 g/mol. The van der Waals surface area contributed by atoms with Gasteiger partial charge in [-0.2, -0.15) is 0 Å². The number of hydrogen-bond donors (Lipinski definition) is 2. The molecule has 0 amide bonds. The van der Waals surface area contributed by atoms with Crippen molar-refractivity contribution in [2.75, 3.05) is 13.2 Å². The lowest BCUT2D eigenvalue weighted by molar-refractivity contribution is -0.274. The van der Waals surface area contributed by atoms with E-state index in [1.165, 1.54) is 0 Å². The third kappa shape index (κ3) is 10.3. The molecule has 4 aromatic rings. The van der Waals surface area contributed by atoms with Crippen molar-refractivity contribution in [1.82, 2.24) is 0 Å². The molecule has 4 aromatic carbocycles. The molecule has 0 bridgehead atoms. The van der Waals surface area contributed by atoms with Crippen molar-refractivity contribution in [2.24, 2.45) is 0 Å². The molecule has 45 heavy (non-hydrogen) atoms. The summed E-state index contributed by atoms with van der Waals surface area (Å²) in [5, 5.41) is 19.8. The second kappa shape index (κ2) is 17.9. The molecule has 6 atom stereocenters. The van der Waals surface area contributed by atoms with Crippen LogP contribution in [-0.2, 0) is 50.1 Å². The Morgan fingerprint density at radius 2 is 0.933 bits per heavy atom. The van der Waals surface area contributed by atoms with Crippen molar-refractivity contribution in [2.45, 2.75) is 75.9 Å². The summed E-state index contributed by atoms with van der Waals surface area (Å²) in [7, 11) is 0. The van der Waals surface area contributed by atoms with Gasteiger partial charge in [-0.25, -0.2) is 0 Å². The zero-order valence-electron chi connectivity index (χ0n) is 25.6. The third-order valence-electron chi connectivity index (χ3n) is 7.97. The standard InChI is InChI=1S/C38H44O7/c39-23-33(40)21-22-34-36(42-25-30-15-7-2-8-16-30)38(44-27-32-19-11-4-12-20-32)37(43-26-31-17-9-3-10-18-31)35(45-34)28-41-24-29-13-5-1-6-14-29/h1-20,33-40H,21-28H2/t33-,34-,35?,36?,37+,38?/m0/s1. The largest absolute Gasteiger partial charge is 0.394 e. The second-order valence-corrected chi connectivity index (χ2v) is 11.4. The van der Waals surface area contributed by atoms with Gasteiger partial charge in [0.2, 0.25) is 0 Å². The van der Waals surface area contributed by atoms with Gasteiger partial charge in [0.05, 0.1) is 51.8 Å². The minimum Gasteiger partial charge on any atom is -0.394 e. The summed E-state index contributed by atoms with van der Waals surface area (Å²) < 4.78 is 33.0. The summed E-state index contributed by atoms with van der Waals surface area (Å²) >= 11 is 0. The normalized spacial score (nSPS) is 22.2. The van der Waals surface area contributed by atoms with E-state index in [0.29, 0.717) is 39.3 Å². The summed E-state index contributed by atoms with van der Waals surface area (Å²) in [6, 6.07) is 40.1. The van der Waals surface area contributed by atoms with Gasteiger partial charge in [0.15, 0.2) is 0 Å². The summed E-state index contributed by atoms with van der Waals surface area (Å²) in [6.45, 7) is 1.50. The highest BCUT2D eigenvalue weighted by atomic mass is 16.6. The summed E-state index contributed by atoms with van der Waals surface area (Å²) in [4.78, 5) is 0. The zero-order valence-corrected chi connectivity index (χ0v) is 25.6. The van der Waals surface area contributed by atoms with Crippen LogP contribution in [0.2, 0.25) is 0 Å². The fraction of sp³-hybridized carbons (Fsp3) is 0.368. The van der Waals surface area contributed by atoms with E-state index in [9.17, 15) is 10.2 Å². The van der Waals surface area contributed by atoms with Crippen LogP contribution in [0.1, 0.15) is 35.1 Å². The van der Waals surface area contributed by atoms with E-state index in [2.05, 4.69) is 0 Å². The smallest absolute Gasteiger partial charge is 0.115 e. The Balaban J connectivity index is 1.43. The van der Waals surface area contributed by atoms with Crippen LogP contribution in [0.15, 0.2) is 121 Å². The molecule has 0 radical (unpaired) electrons. The first-order valence-corrected chi connectivity index (χ1v) is 15.7. The molecule has 238 valence electrons. The number of aliphatic hydroxyl groups is 2. The van der Waals surface area contributed by atoms with Crippen LogP contribution in [0, 0.1) is 0 Å². The van der Waals surface area contributed by atoms with Gasteiger partial charge >= 0.3 is 0 Å². The quantitative estimate of drug-likeness (QED) is 0.155. The number of hydrogen-bond acceptors (Lipinski definition) is 7. The van der Waals surface area contributed by atoms with Crippen LogP contribution in [0.4, 0.5) is 0 Å². The van der Waals surface area contributed by atoms with E-state index in [-0.39, 0.29) is 13.2 Å².